The van der Waals surface area contributed by atoms with Crippen LogP contribution in [0.1, 0.15) is 36.1 Å². The summed E-state index contributed by atoms with van der Waals surface area (Å²) >= 11 is 0. The summed E-state index contributed by atoms with van der Waals surface area (Å²) in [5.74, 6) is 1.58. The second-order valence-electron chi connectivity index (χ2n) is 8.74. The van der Waals surface area contributed by atoms with Crippen LogP contribution in [0.25, 0.3) is 0 Å². The number of piperazine rings is 1. The van der Waals surface area contributed by atoms with Gasteiger partial charge in [0, 0.05) is 45.0 Å². The molecule has 0 spiro atoms. The van der Waals surface area contributed by atoms with Crippen LogP contribution in [0.3, 0.4) is 0 Å². The van der Waals surface area contributed by atoms with Gasteiger partial charge in [-0.3, -0.25) is 5.43 Å². The zero-order valence-corrected chi connectivity index (χ0v) is 19.5. The maximum atomic E-state index is 5.65. The van der Waals surface area contributed by atoms with Gasteiger partial charge in [0.25, 0.3) is 0 Å². The topological polar surface area (TPSA) is 40.2 Å². The fourth-order valence-electron chi connectivity index (χ4n) is 4.82. The number of hydrogen-bond donors (Lipinski definition) is 1. The van der Waals surface area contributed by atoms with E-state index in [-0.39, 0.29) is 6.04 Å². The maximum Gasteiger partial charge on any atom is 0.161 e. The molecule has 0 radical (unpaired) electrons. The lowest BCUT2D eigenvalue weighted by molar-refractivity contribution is 0.164. The highest BCUT2D eigenvalue weighted by Gasteiger charge is 2.30. The van der Waals surface area contributed by atoms with Crippen molar-refractivity contribution < 1.29 is 9.47 Å². The highest BCUT2D eigenvalue weighted by atomic mass is 16.5. The van der Waals surface area contributed by atoms with Crippen molar-refractivity contribution in [2.45, 2.75) is 31.8 Å². The van der Waals surface area contributed by atoms with Gasteiger partial charge in [0.15, 0.2) is 11.5 Å². The van der Waals surface area contributed by atoms with Crippen LogP contribution in [0.15, 0.2) is 36.4 Å². The average molecular weight is 425 g/mol. The Hall–Kier alpha value is -2.28. The number of hydrazine groups is 1. The van der Waals surface area contributed by atoms with Gasteiger partial charge in [0.2, 0.25) is 0 Å². The minimum absolute atomic E-state index is 0.105. The molecule has 6 nitrogen and oxygen atoms in total. The fourth-order valence-corrected chi connectivity index (χ4v) is 4.82. The molecule has 2 atom stereocenters. The van der Waals surface area contributed by atoms with E-state index >= 15 is 0 Å². The minimum Gasteiger partial charge on any atom is -0.493 e. The Balaban J connectivity index is 1.70. The number of fused-ring (bicyclic) bond motifs is 1. The van der Waals surface area contributed by atoms with Crippen LogP contribution in [0.5, 0.6) is 11.5 Å². The molecule has 1 N–H and O–H groups in total. The third-order valence-electron chi connectivity index (χ3n) is 6.75. The van der Waals surface area contributed by atoms with Gasteiger partial charge in [-0.2, -0.15) is 0 Å². The Labute approximate surface area is 186 Å². The highest BCUT2D eigenvalue weighted by molar-refractivity contribution is 5.53. The second-order valence-corrected chi connectivity index (χ2v) is 8.74. The summed E-state index contributed by atoms with van der Waals surface area (Å²) in [7, 11) is 7.75. The lowest BCUT2D eigenvalue weighted by atomic mass is 9.91. The summed E-state index contributed by atoms with van der Waals surface area (Å²) in [6.45, 7) is 6.63. The van der Waals surface area contributed by atoms with E-state index < -0.39 is 0 Å². The maximum absolute atomic E-state index is 5.65. The van der Waals surface area contributed by atoms with Gasteiger partial charge in [-0.25, -0.2) is 5.01 Å². The molecule has 2 aromatic carbocycles. The molecule has 168 valence electrons. The number of benzene rings is 2. The van der Waals surface area contributed by atoms with E-state index in [0.717, 1.165) is 50.5 Å². The third-order valence-corrected chi connectivity index (χ3v) is 6.75. The Kier molecular flexibility index (Phi) is 6.70. The number of nitrogens with one attached hydrogen (secondary N) is 1. The van der Waals surface area contributed by atoms with Gasteiger partial charge in [0.1, 0.15) is 0 Å². The van der Waals surface area contributed by atoms with Gasteiger partial charge in [-0.1, -0.05) is 19.1 Å². The first-order chi connectivity index (χ1) is 15.0. The van der Waals surface area contributed by atoms with Crippen LogP contribution in [0.2, 0.25) is 0 Å². The molecule has 4 rings (SSSR count). The summed E-state index contributed by atoms with van der Waals surface area (Å²) in [6.07, 6.45) is 2.03. The van der Waals surface area contributed by atoms with Crippen LogP contribution in [0, 0.1) is 0 Å². The van der Waals surface area contributed by atoms with Crippen molar-refractivity contribution in [2.24, 2.45) is 0 Å². The summed E-state index contributed by atoms with van der Waals surface area (Å²) in [4.78, 5) is 4.87. The van der Waals surface area contributed by atoms with Gasteiger partial charge < -0.3 is 19.3 Å². The zero-order valence-electron chi connectivity index (χ0n) is 19.5. The van der Waals surface area contributed by atoms with Crippen LogP contribution in [-0.2, 0) is 6.42 Å². The average Bonchev–Trinajstić information content (AvgIpc) is 2.93. The van der Waals surface area contributed by atoms with E-state index in [4.69, 9.17) is 9.47 Å². The first kappa shape index (κ1) is 21.9. The fraction of sp³-hybridized carbons (Fsp3) is 0.520. The van der Waals surface area contributed by atoms with E-state index in [9.17, 15) is 0 Å². The van der Waals surface area contributed by atoms with Gasteiger partial charge in [0.05, 0.1) is 20.3 Å². The van der Waals surface area contributed by atoms with Gasteiger partial charge in [-0.15, -0.1) is 0 Å². The van der Waals surface area contributed by atoms with Crippen molar-refractivity contribution in [3.8, 4) is 11.5 Å². The first-order valence-electron chi connectivity index (χ1n) is 11.3. The summed E-state index contributed by atoms with van der Waals surface area (Å²) in [5.41, 5.74) is 8.89. The Morgan fingerprint density at radius 1 is 0.935 bits per heavy atom. The first-order valence-corrected chi connectivity index (χ1v) is 11.3. The van der Waals surface area contributed by atoms with Crippen LogP contribution in [0.4, 0.5) is 5.69 Å². The normalized spacial score (nSPS) is 22.7. The van der Waals surface area contributed by atoms with E-state index in [1.807, 2.05) is 0 Å². The number of rotatable bonds is 5. The quantitative estimate of drug-likeness (QED) is 0.794. The lowest BCUT2D eigenvalue weighted by Gasteiger charge is -2.34. The van der Waals surface area contributed by atoms with Crippen molar-refractivity contribution in [1.82, 2.24) is 15.3 Å². The number of methoxy groups -OCH3 is 2. The Morgan fingerprint density at radius 3 is 2.19 bits per heavy atom. The van der Waals surface area contributed by atoms with Crippen molar-refractivity contribution in [3.05, 3.63) is 53.1 Å². The molecule has 2 aliphatic heterocycles. The molecule has 0 amide bonds. The second kappa shape index (κ2) is 9.47. The number of nitrogens with zero attached hydrogens (tertiary/aromatic N) is 3. The summed E-state index contributed by atoms with van der Waals surface area (Å²) < 4.78 is 11.3. The van der Waals surface area contributed by atoms with Crippen LogP contribution < -0.4 is 19.8 Å². The molecule has 1 saturated heterocycles. The van der Waals surface area contributed by atoms with E-state index in [2.05, 4.69) is 77.7 Å². The number of ether oxygens (including phenoxy) is 2. The Morgan fingerprint density at radius 2 is 1.58 bits per heavy atom. The van der Waals surface area contributed by atoms with E-state index in [0.29, 0.717) is 6.04 Å². The third kappa shape index (κ3) is 4.52. The predicted molar refractivity (Wildman–Crippen MR) is 126 cm³/mol. The minimum atomic E-state index is 0.105. The van der Waals surface area contributed by atoms with E-state index in [1.54, 1.807) is 14.2 Å². The largest absolute Gasteiger partial charge is 0.493 e. The van der Waals surface area contributed by atoms with Gasteiger partial charge in [-0.05, 0) is 60.8 Å². The molecular formula is C25H36N4O2. The molecule has 2 aliphatic rings. The van der Waals surface area contributed by atoms with Crippen molar-refractivity contribution in [2.75, 3.05) is 59.4 Å². The molecular weight excluding hydrogens is 388 g/mol. The number of hydrogen-bond acceptors (Lipinski definition) is 6. The van der Waals surface area contributed by atoms with Crippen molar-refractivity contribution in [1.29, 1.82) is 0 Å². The molecule has 6 heteroatoms. The van der Waals surface area contributed by atoms with Crippen molar-refractivity contribution in [3.63, 3.8) is 0 Å². The van der Waals surface area contributed by atoms with Gasteiger partial charge >= 0.3 is 0 Å². The smallest absolute Gasteiger partial charge is 0.161 e. The number of likely N-dealkylation sites (N-methyl/N-ethyl adjacent to an activating group) is 1. The SMILES string of the molecule is CCC1Cc2cc(OC)c(OC)cc2C(c2ccc(N3CCN(C)CC3)cc2)N(C)N1. The zero-order chi connectivity index (χ0) is 22.0. The standard InChI is InChI=1S/C25H36N4O2/c1-6-20-15-19-16-23(30-4)24(31-5)17-22(19)25(28(3)26-20)18-7-9-21(10-8-18)29-13-11-27(2)12-14-29/h7-10,16-17,20,25-26H,6,11-15H2,1-5H3. The molecule has 31 heavy (non-hydrogen) atoms. The highest BCUT2D eigenvalue weighted by Crippen LogP contribution is 2.39. The summed E-state index contributed by atoms with van der Waals surface area (Å²) in [5, 5.41) is 2.26. The molecule has 2 heterocycles. The molecule has 0 aliphatic carbocycles. The molecule has 2 aromatic rings. The van der Waals surface area contributed by atoms with Crippen molar-refractivity contribution >= 4 is 5.69 Å². The molecule has 1 fully saturated rings. The summed E-state index contributed by atoms with van der Waals surface area (Å²) in [6, 6.07) is 13.9. The predicted octanol–water partition coefficient (Wildman–Crippen LogP) is 3.32. The molecule has 0 aromatic heterocycles. The molecule has 0 saturated carbocycles. The lowest BCUT2D eigenvalue weighted by Crippen LogP contribution is -2.44. The Bertz CT molecular complexity index is 878. The molecule has 2 unspecified atom stereocenters. The van der Waals surface area contributed by atoms with Crippen LogP contribution in [-0.4, -0.2) is 70.4 Å². The van der Waals surface area contributed by atoms with Crippen LogP contribution >= 0.6 is 0 Å². The molecule has 0 bridgehead atoms. The monoisotopic (exact) mass is 424 g/mol. The van der Waals surface area contributed by atoms with E-state index in [1.165, 1.54) is 22.4 Å². The number of anilines is 1.